The Hall–Kier alpha value is -1.12. The number of amides is 2. The molecule has 2 bridgehead atoms. The molecule has 3 nitrogen and oxygen atoms in total. The van der Waals surface area contributed by atoms with Crippen molar-refractivity contribution in [1.29, 1.82) is 0 Å². The Balaban J connectivity index is 2.07. The lowest BCUT2D eigenvalue weighted by Crippen LogP contribution is -2.38. The van der Waals surface area contributed by atoms with E-state index in [1.807, 2.05) is 0 Å². The molecule has 3 heteroatoms. The van der Waals surface area contributed by atoms with E-state index < -0.39 is 0 Å². The predicted molar refractivity (Wildman–Crippen MR) is 50.1 cm³/mol. The van der Waals surface area contributed by atoms with Gasteiger partial charge in [-0.15, -0.1) is 0 Å². The highest BCUT2D eigenvalue weighted by Gasteiger charge is 2.55. The Morgan fingerprint density at radius 2 is 1.50 bits per heavy atom. The van der Waals surface area contributed by atoms with Gasteiger partial charge in [0.25, 0.3) is 0 Å². The zero-order valence-corrected chi connectivity index (χ0v) is 8.14. The van der Waals surface area contributed by atoms with Crippen molar-refractivity contribution in [2.75, 3.05) is 7.05 Å². The number of allylic oxidation sites excluding steroid dienone is 2. The third-order valence-electron chi connectivity index (χ3n) is 3.98. The molecule has 3 aliphatic carbocycles. The van der Waals surface area contributed by atoms with Crippen LogP contribution in [0.4, 0.5) is 0 Å². The van der Waals surface area contributed by atoms with Crippen molar-refractivity contribution in [3.63, 3.8) is 0 Å². The van der Waals surface area contributed by atoms with E-state index >= 15 is 0 Å². The van der Waals surface area contributed by atoms with Gasteiger partial charge in [-0.05, 0) is 24.7 Å². The van der Waals surface area contributed by atoms with Crippen LogP contribution < -0.4 is 0 Å². The molecule has 74 valence electrons. The van der Waals surface area contributed by atoms with Crippen LogP contribution in [-0.4, -0.2) is 23.8 Å². The molecule has 1 saturated carbocycles. The van der Waals surface area contributed by atoms with Crippen LogP contribution in [0, 0.1) is 23.7 Å². The van der Waals surface area contributed by atoms with Gasteiger partial charge in [-0.25, -0.2) is 0 Å². The Labute approximate surface area is 82.8 Å². The van der Waals surface area contributed by atoms with Crippen molar-refractivity contribution in [1.82, 2.24) is 4.90 Å². The molecule has 1 saturated heterocycles. The summed E-state index contributed by atoms with van der Waals surface area (Å²) < 4.78 is 0. The Kier molecular flexibility index (Phi) is 1.45. The highest BCUT2D eigenvalue weighted by molar-refractivity contribution is 6.05. The molecular formula is C11H13NO2. The van der Waals surface area contributed by atoms with Crippen molar-refractivity contribution in [2.24, 2.45) is 23.7 Å². The van der Waals surface area contributed by atoms with E-state index in [1.165, 1.54) is 4.90 Å². The van der Waals surface area contributed by atoms with Crippen LogP contribution in [0.25, 0.3) is 0 Å². The van der Waals surface area contributed by atoms with Crippen LogP contribution in [0.3, 0.4) is 0 Å². The van der Waals surface area contributed by atoms with Gasteiger partial charge in [0, 0.05) is 7.05 Å². The number of fused-ring (bicyclic) bond motifs is 1. The van der Waals surface area contributed by atoms with Crippen molar-refractivity contribution >= 4 is 11.8 Å². The minimum Gasteiger partial charge on any atom is -0.285 e. The molecule has 14 heavy (non-hydrogen) atoms. The molecule has 0 aromatic heterocycles. The minimum atomic E-state index is -0.0313. The van der Waals surface area contributed by atoms with Crippen molar-refractivity contribution in [3.8, 4) is 0 Å². The first-order valence-corrected chi connectivity index (χ1v) is 5.20. The van der Waals surface area contributed by atoms with Crippen molar-refractivity contribution < 1.29 is 9.59 Å². The molecule has 4 aliphatic rings. The number of carbonyl (C=O) groups is 2. The predicted octanol–water partition coefficient (Wildman–Crippen LogP) is 0.813. The first-order chi connectivity index (χ1) is 6.70. The lowest BCUT2D eigenvalue weighted by atomic mass is 9.63. The van der Waals surface area contributed by atoms with Gasteiger partial charge in [0.15, 0.2) is 0 Å². The first-order valence-electron chi connectivity index (χ1n) is 5.20. The molecule has 4 rings (SSSR count). The zero-order valence-electron chi connectivity index (χ0n) is 8.14. The van der Waals surface area contributed by atoms with Crippen LogP contribution in [-0.2, 0) is 9.59 Å². The molecule has 0 spiro atoms. The molecule has 0 N–H and O–H groups in total. The van der Waals surface area contributed by atoms with Crippen LogP contribution in [0.15, 0.2) is 12.2 Å². The minimum absolute atomic E-state index is 0.0312. The molecule has 0 aromatic rings. The van der Waals surface area contributed by atoms with E-state index in [9.17, 15) is 9.59 Å². The number of nitrogens with zero attached hydrogens (tertiary/aromatic N) is 1. The number of hydrogen-bond acceptors (Lipinski definition) is 2. The maximum absolute atomic E-state index is 11.8. The lowest BCUT2D eigenvalue weighted by molar-refractivity contribution is -0.138. The van der Waals surface area contributed by atoms with Gasteiger partial charge < -0.3 is 0 Å². The van der Waals surface area contributed by atoms with Gasteiger partial charge in [0.1, 0.15) is 0 Å². The highest BCUT2D eigenvalue weighted by atomic mass is 16.2. The molecule has 0 radical (unpaired) electrons. The van der Waals surface area contributed by atoms with Crippen molar-refractivity contribution in [2.45, 2.75) is 12.8 Å². The number of imide groups is 1. The Morgan fingerprint density at radius 1 is 1.07 bits per heavy atom. The first kappa shape index (κ1) is 8.21. The summed E-state index contributed by atoms with van der Waals surface area (Å²) in [6.07, 6.45) is 6.43. The van der Waals surface area contributed by atoms with E-state index in [4.69, 9.17) is 0 Å². The fourth-order valence-corrected chi connectivity index (χ4v) is 3.22. The fraction of sp³-hybridized carbons (Fsp3) is 0.636. The second kappa shape index (κ2) is 2.47. The standard InChI is InChI=1S/C11H13NO2/c1-12-10(13)8-6-2-3-7(5-4-6)9(8)11(12)14/h2-3,6-9H,4-5H2,1H3/t6?,7?,8-,9+. The van der Waals surface area contributed by atoms with Crippen LogP contribution in [0.5, 0.6) is 0 Å². The number of hydrogen-bond donors (Lipinski definition) is 0. The molecule has 1 aliphatic heterocycles. The molecule has 0 aromatic carbocycles. The number of carbonyl (C=O) groups excluding carboxylic acids is 2. The fourth-order valence-electron chi connectivity index (χ4n) is 3.22. The average Bonchev–Trinajstić information content (AvgIpc) is 2.47. The topological polar surface area (TPSA) is 37.4 Å². The third kappa shape index (κ3) is 0.781. The monoisotopic (exact) mass is 191 g/mol. The summed E-state index contributed by atoms with van der Waals surface area (Å²) in [6.45, 7) is 0. The lowest BCUT2D eigenvalue weighted by Gasteiger charge is -2.38. The Bertz CT molecular complexity index is 315. The van der Waals surface area contributed by atoms with E-state index in [1.54, 1.807) is 7.05 Å². The SMILES string of the molecule is CN1C(=O)[C@@H]2C3C=CC(CC3)[C@@H]2C1=O. The second-order valence-corrected chi connectivity index (χ2v) is 4.58. The van der Waals surface area contributed by atoms with E-state index in [0.717, 1.165) is 12.8 Å². The molecule has 1 heterocycles. The summed E-state index contributed by atoms with van der Waals surface area (Å²) in [5.41, 5.74) is 0. The summed E-state index contributed by atoms with van der Waals surface area (Å²) in [4.78, 5) is 24.9. The Morgan fingerprint density at radius 3 is 1.86 bits per heavy atom. The quantitative estimate of drug-likeness (QED) is 0.420. The summed E-state index contributed by atoms with van der Waals surface area (Å²) in [5, 5.41) is 0. The van der Waals surface area contributed by atoms with E-state index in [2.05, 4.69) is 12.2 Å². The van der Waals surface area contributed by atoms with E-state index in [0.29, 0.717) is 11.8 Å². The van der Waals surface area contributed by atoms with E-state index in [-0.39, 0.29) is 23.7 Å². The van der Waals surface area contributed by atoms with Gasteiger partial charge in [-0.1, -0.05) is 12.2 Å². The molecule has 2 unspecified atom stereocenters. The maximum atomic E-state index is 11.8. The van der Waals surface area contributed by atoms with Gasteiger partial charge in [-0.3, -0.25) is 14.5 Å². The third-order valence-corrected chi connectivity index (χ3v) is 3.98. The van der Waals surface area contributed by atoms with Crippen LogP contribution in [0.1, 0.15) is 12.8 Å². The number of likely N-dealkylation sites (tertiary alicyclic amines) is 1. The number of rotatable bonds is 0. The summed E-state index contributed by atoms with van der Waals surface area (Å²) >= 11 is 0. The van der Waals surface area contributed by atoms with Gasteiger partial charge in [-0.2, -0.15) is 0 Å². The van der Waals surface area contributed by atoms with Crippen LogP contribution >= 0.6 is 0 Å². The molecule has 2 fully saturated rings. The van der Waals surface area contributed by atoms with Gasteiger partial charge in [0.2, 0.25) is 11.8 Å². The maximum Gasteiger partial charge on any atom is 0.233 e. The largest absolute Gasteiger partial charge is 0.285 e. The summed E-state index contributed by atoms with van der Waals surface area (Å²) in [6, 6.07) is 0. The molecular weight excluding hydrogens is 178 g/mol. The highest BCUT2D eigenvalue weighted by Crippen LogP contribution is 2.49. The molecule has 4 atom stereocenters. The van der Waals surface area contributed by atoms with Crippen molar-refractivity contribution in [3.05, 3.63) is 12.2 Å². The normalized spacial score (nSPS) is 44.8. The second-order valence-electron chi connectivity index (χ2n) is 4.58. The molecule has 2 amide bonds. The average molecular weight is 191 g/mol. The van der Waals surface area contributed by atoms with Gasteiger partial charge >= 0.3 is 0 Å². The smallest absolute Gasteiger partial charge is 0.233 e. The van der Waals surface area contributed by atoms with Gasteiger partial charge in [0.05, 0.1) is 11.8 Å². The summed E-state index contributed by atoms with van der Waals surface area (Å²) in [7, 11) is 1.61. The summed E-state index contributed by atoms with van der Waals surface area (Å²) in [5.74, 6) is 0.670. The van der Waals surface area contributed by atoms with Crippen LogP contribution in [0.2, 0.25) is 0 Å². The zero-order chi connectivity index (χ0) is 9.87.